The molecule has 1 aliphatic rings. The fourth-order valence-corrected chi connectivity index (χ4v) is 3.47. The van der Waals surface area contributed by atoms with E-state index in [4.69, 9.17) is 14.2 Å². The summed E-state index contributed by atoms with van der Waals surface area (Å²) in [6.45, 7) is 0.0970. The lowest BCUT2D eigenvalue weighted by molar-refractivity contribution is -0.141. The molecule has 0 aliphatic carbocycles. The summed E-state index contributed by atoms with van der Waals surface area (Å²) in [5, 5.41) is 14.5. The molecule has 2 aromatic rings. The number of benzene rings is 2. The Morgan fingerprint density at radius 3 is 2.55 bits per heavy atom. The molecular formula is C23H24N2O7S. The largest absolute Gasteiger partial charge is 0.497 e. The summed E-state index contributed by atoms with van der Waals surface area (Å²) in [6, 6.07) is 10.3. The molecule has 2 amide bonds. The van der Waals surface area contributed by atoms with Crippen LogP contribution < -0.4 is 24.8 Å². The Balaban J connectivity index is 1.86. The number of thioether (sulfide) groups is 1. The van der Waals surface area contributed by atoms with Crippen LogP contribution in [-0.4, -0.2) is 54.8 Å². The van der Waals surface area contributed by atoms with E-state index in [9.17, 15) is 19.5 Å². The summed E-state index contributed by atoms with van der Waals surface area (Å²) in [5.41, 5.74) is 0.762. The van der Waals surface area contributed by atoms with Crippen molar-refractivity contribution in [3.8, 4) is 17.2 Å². The Morgan fingerprint density at radius 1 is 1.15 bits per heavy atom. The highest BCUT2D eigenvalue weighted by Gasteiger charge is 2.23. The Kier molecular flexibility index (Phi) is 8.20. The minimum Gasteiger partial charge on any atom is -0.497 e. The van der Waals surface area contributed by atoms with Crippen molar-refractivity contribution in [1.29, 1.82) is 0 Å². The fourth-order valence-electron chi connectivity index (χ4n) is 2.99. The van der Waals surface area contributed by atoms with Gasteiger partial charge in [-0.3, -0.25) is 9.59 Å². The number of carbonyl (C=O) groups excluding carboxylic acids is 2. The van der Waals surface area contributed by atoms with Gasteiger partial charge in [0.2, 0.25) is 6.79 Å². The molecular weight excluding hydrogens is 448 g/mol. The van der Waals surface area contributed by atoms with Gasteiger partial charge in [-0.25, -0.2) is 4.79 Å². The van der Waals surface area contributed by atoms with Gasteiger partial charge in [0.15, 0.2) is 11.5 Å². The summed E-state index contributed by atoms with van der Waals surface area (Å²) < 4.78 is 15.8. The predicted molar refractivity (Wildman–Crippen MR) is 124 cm³/mol. The van der Waals surface area contributed by atoms with E-state index in [-0.39, 0.29) is 18.9 Å². The van der Waals surface area contributed by atoms with Crippen LogP contribution in [0.5, 0.6) is 17.2 Å². The van der Waals surface area contributed by atoms with Crippen LogP contribution in [0.4, 0.5) is 0 Å². The summed E-state index contributed by atoms with van der Waals surface area (Å²) in [5.74, 6) is -0.188. The first-order valence-corrected chi connectivity index (χ1v) is 11.4. The minimum absolute atomic E-state index is 0.0970. The molecule has 174 valence electrons. The van der Waals surface area contributed by atoms with Crippen LogP contribution in [0.25, 0.3) is 6.08 Å². The monoisotopic (exact) mass is 472 g/mol. The van der Waals surface area contributed by atoms with E-state index in [1.54, 1.807) is 42.5 Å². The highest BCUT2D eigenvalue weighted by molar-refractivity contribution is 7.98. The number of aliphatic carboxylic acids is 1. The highest BCUT2D eigenvalue weighted by Crippen LogP contribution is 2.33. The maximum absolute atomic E-state index is 13.0. The number of hydrogen-bond acceptors (Lipinski definition) is 7. The molecule has 0 fully saturated rings. The average molecular weight is 473 g/mol. The average Bonchev–Trinajstić information content (AvgIpc) is 3.29. The van der Waals surface area contributed by atoms with Gasteiger partial charge in [0.05, 0.1) is 7.11 Å². The molecule has 0 saturated carbocycles. The first-order valence-electron chi connectivity index (χ1n) is 10.0. The van der Waals surface area contributed by atoms with Gasteiger partial charge in [-0.05, 0) is 66.5 Å². The van der Waals surface area contributed by atoms with E-state index in [0.717, 1.165) is 0 Å². The molecule has 1 atom stereocenters. The first kappa shape index (κ1) is 24.0. The lowest BCUT2D eigenvalue weighted by atomic mass is 10.1. The summed E-state index contributed by atoms with van der Waals surface area (Å²) in [4.78, 5) is 37.4. The lowest BCUT2D eigenvalue weighted by Crippen LogP contribution is -2.44. The second kappa shape index (κ2) is 11.3. The van der Waals surface area contributed by atoms with Crippen LogP contribution in [0.3, 0.4) is 0 Å². The molecule has 1 heterocycles. The SMILES string of the molecule is COc1ccc(C(=O)N/C(=C\c2ccc3c(c2)OCO3)C(=O)N[C@H](CCSC)C(=O)O)cc1. The lowest BCUT2D eigenvalue weighted by Gasteiger charge is -2.16. The molecule has 3 N–H and O–H groups in total. The van der Waals surface area contributed by atoms with Gasteiger partial charge in [-0.2, -0.15) is 11.8 Å². The zero-order chi connectivity index (χ0) is 23.8. The Morgan fingerprint density at radius 2 is 1.88 bits per heavy atom. The number of methoxy groups -OCH3 is 1. The van der Waals surface area contributed by atoms with Crippen LogP contribution in [0.2, 0.25) is 0 Å². The van der Waals surface area contributed by atoms with E-state index < -0.39 is 23.8 Å². The highest BCUT2D eigenvalue weighted by atomic mass is 32.2. The van der Waals surface area contributed by atoms with Gasteiger partial charge >= 0.3 is 5.97 Å². The molecule has 0 bridgehead atoms. The number of amides is 2. The summed E-state index contributed by atoms with van der Waals surface area (Å²) in [7, 11) is 1.52. The maximum atomic E-state index is 13.0. The van der Waals surface area contributed by atoms with Gasteiger partial charge in [-0.15, -0.1) is 0 Å². The molecule has 0 aromatic heterocycles. The third-order valence-electron chi connectivity index (χ3n) is 4.77. The van der Waals surface area contributed by atoms with Gasteiger partial charge in [0.1, 0.15) is 17.5 Å². The topological polar surface area (TPSA) is 123 Å². The van der Waals surface area contributed by atoms with Crippen LogP contribution >= 0.6 is 11.8 Å². The van der Waals surface area contributed by atoms with Gasteiger partial charge < -0.3 is 30.0 Å². The van der Waals surface area contributed by atoms with Crippen molar-refractivity contribution in [1.82, 2.24) is 10.6 Å². The number of carboxylic acid groups (broad SMARTS) is 1. The van der Waals surface area contributed by atoms with Crippen molar-refractivity contribution in [2.45, 2.75) is 12.5 Å². The third kappa shape index (κ3) is 6.42. The van der Waals surface area contributed by atoms with E-state index in [1.807, 2.05) is 6.26 Å². The molecule has 33 heavy (non-hydrogen) atoms. The molecule has 0 saturated heterocycles. The Hall–Kier alpha value is -3.66. The molecule has 0 unspecified atom stereocenters. The molecule has 1 aliphatic heterocycles. The van der Waals surface area contributed by atoms with Gasteiger partial charge in [0, 0.05) is 5.56 Å². The standard InChI is InChI=1S/C23H24N2O7S/c1-30-16-6-4-15(5-7-16)21(26)25-18(22(27)24-17(23(28)29)9-10-33-2)11-14-3-8-19-20(12-14)32-13-31-19/h3-8,11-12,17H,9-10,13H2,1-2H3,(H,24,27)(H,25,26)(H,28,29)/b18-11-/t17-/m1/s1. The molecule has 0 spiro atoms. The van der Waals surface area contributed by atoms with Gasteiger partial charge in [-0.1, -0.05) is 6.07 Å². The van der Waals surface area contributed by atoms with Crippen molar-refractivity contribution in [2.75, 3.05) is 25.9 Å². The van der Waals surface area contributed by atoms with Crippen LogP contribution in [0, 0.1) is 0 Å². The quantitative estimate of drug-likeness (QED) is 0.451. The number of hydrogen-bond donors (Lipinski definition) is 3. The second-order valence-corrected chi connectivity index (χ2v) is 7.98. The number of fused-ring (bicyclic) bond motifs is 1. The second-order valence-electron chi connectivity index (χ2n) is 7.00. The number of nitrogens with one attached hydrogen (secondary N) is 2. The molecule has 2 aromatic carbocycles. The summed E-state index contributed by atoms with van der Waals surface area (Å²) in [6.07, 6.45) is 3.54. The summed E-state index contributed by atoms with van der Waals surface area (Å²) >= 11 is 1.47. The number of carboxylic acids is 1. The Labute approximate surface area is 195 Å². The van der Waals surface area contributed by atoms with Crippen molar-refractivity contribution in [3.05, 3.63) is 59.3 Å². The molecule has 0 radical (unpaired) electrons. The van der Waals surface area contributed by atoms with Crippen molar-refractivity contribution >= 4 is 35.6 Å². The third-order valence-corrected chi connectivity index (χ3v) is 5.41. The van der Waals surface area contributed by atoms with Crippen molar-refractivity contribution in [2.24, 2.45) is 0 Å². The van der Waals surface area contributed by atoms with Crippen molar-refractivity contribution < 1.29 is 33.7 Å². The Bertz CT molecular complexity index is 1050. The number of ether oxygens (including phenoxy) is 3. The van der Waals surface area contributed by atoms with E-state index >= 15 is 0 Å². The van der Waals surface area contributed by atoms with Crippen LogP contribution in [0.15, 0.2) is 48.2 Å². The first-order chi connectivity index (χ1) is 15.9. The fraction of sp³-hybridized carbons (Fsp3) is 0.261. The van der Waals surface area contributed by atoms with Crippen molar-refractivity contribution in [3.63, 3.8) is 0 Å². The maximum Gasteiger partial charge on any atom is 0.326 e. The number of rotatable bonds is 10. The molecule has 9 nitrogen and oxygen atoms in total. The predicted octanol–water partition coefficient (Wildman–Crippen LogP) is 2.52. The minimum atomic E-state index is -1.15. The molecule has 10 heteroatoms. The van der Waals surface area contributed by atoms with E-state index in [0.29, 0.717) is 34.1 Å². The van der Waals surface area contributed by atoms with Crippen LogP contribution in [0.1, 0.15) is 22.3 Å². The zero-order valence-corrected chi connectivity index (χ0v) is 18.9. The number of carbonyl (C=O) groups is 3. The van der Waals surface area contributed by atoms with Gasteiger partial charge in [0.25, 0.3) is 11.8 Å². The normalized spacial score (nSPS) is 13.2. The van der Waals surface area contributed by atoms with E-state index in [1.165, 1.54) is 24.9 Å². The smallest absolute Gasteiger partial charge is 0.326 e. The molecule has 3 rings (SSSR count). The zero-order valence-electron chi connectivity index (χ0n) is 18.1. The van der Waals surface area contributed by atoms with Crippen LogP contribution in [-0.2, 0) is 9.59 Å². The van der Waals surface area contributed by atoms with E-state index in [2.05, 4.69) is 10.6 Å².